The number of carbonyl (C=O) groups is 2. The van der Waals surface area contributed by atoms with Gasteiger partial charge in [0.15, 0.2) is 0 Å². The second-order valence-electron chi connectivity index (χ2n) is 9.13. The maximum atomic E-state index is 12.8. The van der Waals surface area contributed by atoms with Crippen LogP contribution in [0.4, 0.5) is 0 Å². The first-order valence-corrected chi connectivity index (χ1v) is 12.0. The molecule has 0 aromatic heterocycles. The van der Waals surface area contributed by atoms with Crippen LogP contribution in [0.3, 0.4) is 0 Å². The summed E-state index contributed by atoms with van der Waals surface area (Å²) in [5.41, 5.74) is 4.12. The van der Waals surface area contributed by atoms with Gasteiger partial charge in [0.25, 0.3) is 0 Å². The van der Waals surface area contributed by atoms with Gasteiger partial charge in [0.2, 0.25) is 11.8 Å². The van der Waals surface area contributed by atoms with E-state index in [0.717, 1.165) is 39.6 Å². The molecule has 2 saturated heterocycles. The number of imide groups is 1. The van der Waals surface area contributed by atoms with Gasteiger partial charge in [-0.2, -0.15) is 0 Å². The van der Waals surface area contributed by atoms with Gasteiger partial charge in [-0.3, -0.25) is 14.5 Å². The first kappa shape index (κ1) is 23.3. The molecule has 0 saturated carbocycles. The summed E-state index contributed by atoms with van der Waals surface area (Å²) in [6, 6.07) is 5.35. The van der Waals surface area contributed by atoms with Crippen molar-refractivity contribution in [2.75, 3.05) is 7.05 Å². The topological polar surface area (TPSA) is 87.1 Å². The molecule has 2 aliphatic heterocycles. The zero-order valence-corrected chi connectivity index (χ0v) is 20.3. The van der Waals surface area contributed by atoms with Crippen LogP contribution in [0.2, 0.25) is 6.32 Å². The van der Waals surface area contributed by atoms with Crippen LogP contribution in [0.1, 0.15) is 45.1 Å². The lowest BCUT2D eigenvalue weighted by Gasteiger charge is -2.42. The number of hydrogen-bond acceptors (Lipinski definition) is 5. The van der Waals surface area contributed by atoms with Crippen molar-refractivity contribution in [2.24, 2.45) is 17.8 Å². The third kappa shape index (κ3) is 4.20. The molecular formula is C24H29BBrNO5. The lowest BCUT2D eigenvalue weighted by Crippen LogP contribution is -2.45. The number of fused-ring (bicyclic) bond motifs is 3. The second-order valence-corrected chi connectivity index (χ2v) is 10.0. The zero-order valence-electron chi connectivity index (χ0n) is 18.7. The third-order valence-corrected chi connectivity index (χ3v) is 7.70. The van der Waals surface area contributed by atoms with Crippen molar-refractivity contribution in [3.05, 3.63) is 45.0 Å². The van der Waals surface area contributed by atoms with Crippen LogP contribution >= 0.6 is 15.9 Å². The van der Waals surface area contributed by atoms with Crippen molar-refractivity contribution in [3.63, 3.8) is 0 Å². The molecule has 0 radical (unpaired) electrons. The number of likely N-dealkylation sites (tertiary alicyclic amines) is 1. The molecule has 32 heavy (non-hydrogen) atoms. The van der Waals surface area contributed by atoms with E-state index < -0.39 is 13.0 Å². The maximum absolute atomic E-state index is 12.8. The van der Waals surface area contributed by atoms with E-state index in [0.29, 0.717) is 19.2 Å². The molecule has 2 amide bonds. The molecule has 0 spiro atoms. The molecule has 1 aromatic rings. The predicted octanol–water partition coefficient (Wildman–Crippen LogP) is 4.18. The lowest BCUT2D eigenvalue weighted by atomic mass is 9.59. The quantitative estimate of drug-likeness (QED) is 0.359. The van der Waals surface area contributed by atoms with E-state index in [2.05, 4.69) is 22.9 Å². The molecule has 1 aromatic carbocycles. The molecule has 3 aliphatic rings. The van der Waals surface area contributed by atoms with E-state index in [1.165, 1.54) is 4.90 Å². The summed E-state index contributed by atoms with van der Waals surface area (Å²) >= 11 is 3.45. The molecule has 8 heteroatoms. The number of benzene rings is 1. The van der Waals surface area contributed by atoms with Crippen LogP contribution in [0.15, 0.2) is 39.4 Å². The average molecular weight is 502 g/mol. The van der Waals surface area contributed by atoms with Gasteiger partial charge in [-0.1, -0.05) is 40.1 Å². The van der Waals surface area contributed by atoms with Crippen molar-refractivity contribution >= 4 is 40.9 Å². The van der Waals surface area contributed by atoms with Gasteiger partial charge >= 0.3 is 7.12 Å². The van der Waals surface area contributed by atoms with Crippen molar-refractivity contribution in [1.82, 2.24) is 4.90 Å². The Morgan fingerprint density at radius 2 is 2.06 bits per heavy atom. The van der Waals surface area contributed by atoms with Crippen LogP contribution in [-0.4, -0.2) is 47.1 Å². The summed E-state index contributed by atoms with van der Waals surface area (Å²) in [4.78, 5) is 26.6. The number of halogens is 1. The molecular weight excluding hydrogens is 473 g/mol. The number of nitrogens with zero attached hydrogens (tertiary/aromatic N) is 1. The van der Waals surface area contributed by atoms with Gasteiger partial charge in [0.1, 0.15) is 5.75 Å². The smallest absolute Gasteiger partial charge is 0.455 e. The Hall–Kier alpha value is -1.90. The van der Waals surface area contributed by atoms with E-state index in [-0.39, 0.29) is 35.5 Å². The van der Waals surface area contributed by atoms with Gasteiger partial charge < -0.3 is 14.8 Å². The standard InChI is InChI=1S/C24H29BBrNO5/c1-4-14(10-15-11-16(26)6-7-19(15)28)5-8-20-21-13(2)9-17-22(18(21)12-25(31)32-20)24(30)27(3)23(17)29/h6-7,10-11,17-18,20,22,28,31H,4-5,8-9,12H2,1-3H3/b14-10+/t17-,18+,20-,22-/m1/s1. The molecule has 4 rings (SSSR count). The fourth-order valence-electron chi connectivity index (χ4n) is 5.61. The minimum Gasteiger partial charge on any atom is -0.507 e. The first-order valence-electron chi connectivity index (χ1n) is 11.2. The van der Waals surface area contributed by atoms with Crippen molar-refractivity contribution in [1.29, 1.82) is 0 Å². The Balaban J connectivity index is 1.57. The minimum absolute atomic E-state index is 0.110. The Labute approximate surface area is 197 Å². The number of phenols is 1. The molecule has 0 bridgehead atoms. The molecule has 2 N–H and O–H groups in total. The van der Waals surface area contributed by atoms with E-state index >= 15 is 0 Å². The van der Waals surface area contributed by atoms with Crippen molar-refractivity contribution < 1.29 is 24.4 Å². The normalized spacial score (nSPS) is 28.3. The molecule has 4 atom stereocenters. The summed E-state index contributed by atoms with van der Waals surface area (Å²) in [7, 11) is 0.609. The molecule has 170 valence electrons. The predicted molar refractivity (Wildman–Crippen MR) is 127 cm³/mol. The molecule has 1 aliphatic carbocycles. The number of amides is 2. The van der Waals surface area contributed by atoms with Gasteiger partial charge in [-0.05, 0) is 68.6 Å². The van der Waals surface area contributed by atoms with Gasteiger partial charge in [-0.25, -0.2) is 0 Å². The van der Waals surface area contributed by atoms with Crippen LogP contribution in [0, 0.1) is 17.8 Å². The van der Waals surface area contributed by atoms with Crippen LogP contribution in [0.25, 0.3) is 6.08 Å². The number of phenolic OH excluding ortho intramolecular Hbond substituents is 1. The summed E-state index contributed by atoms with van der Waals surface area (Å²) in [6.07, 6.45) is 4.87. The summed E-state index contributed by atoms with van der Waals surface area (Å²) < 4.78 is 6.86. The van der Waals surface area contributed by atoms with Crippen LogP contribution < -0.4 is 0 Å². The number of rotatable bonds is 5. The van der Waals surface area contributed by atoms with E-state index in [4.69, 9.17) is 4.65 Å². The largest absolute Gasteiger partial charge is 0.507 e. The second kappa shape index (κ2) is 9.16. The molecule has 6 nitrogen and oxygen atoms in total. The number of allylic oxidation sites excluding steroid dienone is 2. The highest BCUT2D eigenvalue weighted by Crippen LogP contribution is 2.50. The molecule has 2 fully saturated rings. The lowest BCUT2D eigenvalue weighted by molar-refractivity contribution is -0.138. The van der Waals surface area contributed by atoms with Crippen molar-refractivity contribution in [3.8, 4) is 5.75 Å². The average Bonchev–Trinajstić information content (AvgIpc) is 2.97. The van der Waals surface area contributed by atoms with E-state index in [1.54, 1.807) is 19.2 Å². The maximum Gasteiger partial charge on any atom is 0.455 e. The summed E-state index contributed by atoms with van der Waals surface area (Å²) in [5.74, 6) is -0.894. The number of aromatic hydroxyl groups is 1. The highest BCUT2D eigenvalue weighted by atomic mass is 79.9. The minimum atomic E-state index is -0.947. The Kier molecular flexibility index (Phi) is 6.66. The van der Waals surface area contributed by atoms with Gasteiger partial charge in [0.05, 0.1) is 17.9 Å². The first-order chi connectivity index (χ1) is 15.2. The monoisotopic (exact) mass is 501 g/mol. The van der Waals surface area contributed by atoms with E-state index in [9.17, 15) is 19.7 Å². The molecule has 2 heterocycles. The fraction of sp³-hybridized carbons (Fsp3) is 0.500. The third-order valence-electron chi connectivity index (χ3n) is 7.20. The Bertz CT molecular complexity index is 1010. The highest BCUT2D eigenvalue weighted by Gasteiger charge is 2.55. The summed E-state index contributed by atoms with van der Waals surface area (Å²) in [6.45, 7) is 4.10. The van der Waals surface area contributed by atoms with Crippen LogP contribution in [-0.2, 0) is 14.2 Å². The zero-order chi connectivity index (χ0) is 23.2. The molecule has 0 unspecified atom stereocenters. The Morgan fingerprint density at radius 1 is 1.31 bits per heavy atom. The Morgan fingerprint density at radius 3 is 2.78 bits per heavy atom. The SMILES string of the molecule is CC/C(=C\c1cc(Br)ccc1O)CC[C@H]1OB(O)C[C@H]2C1=C(C)C[C@H]1C(=O)N(C)C(=O)[C@H]12. The fourth-order valence-corrected chi connectivity index (χ4v) is 5.98. The van der Waals surface area contributed by atoms with E-state index in [1.807, 2.05) is 19.1 Å². The highest BCUT2D eigenvalue weighted by molar-refractivity contribution is 9.10. The van der Waals surface area contributed by atoms with Crippen LogP contribution in [0.5, 0.6) is 5.75 Å². The van der Waals surface area contributed by atoms with Gasteiger partial charge in [0, 0.05) is 17.1 Å². The number of carbonyl (C=O) groups excluding carboxylic acids is 2. The number of hydrogen-bond donors (Lipinski definition) is 2. The van der Waals surface area contributed by atoms with Gasteiger partial charge in [-0.15, -0.1) is 0 Å². The summed E-state index contributed by atoms with van der Waals surface area (Å²) in [5, 5.41) is 20.6. The van der Waals surface area contributed by atoms with Crippen molar-refractivity contribution in [2.45, 2.75) is 52.0 Å².